The molecule has 2 N–H and O–H groups in total. The zero-order chi connectivity index (χ0) is 19.8. The first-order chi connectivity index (χ1) is 12.9. The molecule has 6 nitrogen and oxygen atoms in total. The summed E-state index contributed by atoms with van der Waals surface area (Å²) in [7, 11) is 0. The summed E-state index contributed by atoms with van der Waals surface area (Å²) in [6, 6.07) is 8.13. The summed E-state index contributed by atoms with van der Waals surface area (Å²) in [5.74, 6) is -2.76. The summed E-state index contributed by atoms with van der Waals surface area (Å²) in [6.45, 7) is 0. The van der Waals surface area contributed by atoms with Gasteiger partial charge in [-0.2, -0.15) is 10.2 Å². The molecule has 0 aliphatic rings. The molecule has 0 spiro atoms. The maximum atomic E-state index is 13.5. The van der Waals surface area contributed by atoms with E-state index in [2.05, 4.69) is 21.1 Å². The van der Waals surface area contributed by atoms with E-state index in [4.69, 9.17) is 23.2 Å². The number of hydrogen-bond acceptors (Lipinski definition) is 4. The summed E-state index contributed by atoms with van der Waals surface area (Å²) in [5.41, 5.74) is 4.10. The van der Waals surface area contributed by atoms with Gasteiger partial charge in [-0.25, -0.2) is 19.6 Å². The summed E-state index contributed by atoms with van der Waals surface area (Å²) < 4.78 is 27.0. The number of nitrogens with one attached hydrogen (secondary N) is 2. The standard InChI is InChI=1S/C17H12Cl2F2N4O2/c18-12-3-1-5-14(20)10(12)8-22-24-16(26)7-17(27)25-23-9-11-13(19)4-2-6-15(11)21/h1-6,8-9H,7H2,(H,24,26)(H,25,27)/b22-8+,23-9+. The lowest BCUT2D eigenvalue weighted by Crippen LogP contribution is -2.27. The average Bonchev–Trinajstić information content (AvgIpc) is 2.60. The molecule has 0 aliphatic heterocycles. The third-order valence-electron chi connectivity index (χ3n) is 3.09. The highest BCUT2D eigenvalue weighted by molar-refractivity contribution is 6.33. The van der Waals surface area contributed by atoms with Gasteiger partial charge in [0, 0.05) is 11.1 Å². The van der Waals surface area contributed by atoms with Crippen LogP contribution in [0, 0.1) is 11.6 Å². The van der Waals surface area contributed by atoms with Gasteiger partial charge in [-0.05, 0) is 24.3 Å². The fraction of sp³-hybridized carbons (Fsp3) is 0.0588. The third kappa shape index (κ3) is 6.12. The first-order valence-corrected chi connectivity index (χ1v) is 8.16. The van der Waals surface area contributed by atoms with Gasteiger partial charge in [0.1, 0.15) is 18.1 Å². The largest absolute Gasteiger partial charge is 0.273 e. The molecule has 0 unspecified atom stereocenters. The molecule has 0 radical (unpaired) electrons. The molecule has 0 heterocycles. The zero-order valence-electron chi connectivity index (χ0n) is 13.5. The van der Waals surface area contributed by atoms with Crippen LogP contribution in [0.5, 0.6) is 0 Å². The SMILES string of the molecule is O=C(CC(=O)N/N=C/c1c(F)cccc1Cl)N/N=C/c1c(F)cccc1Cl. The van der Waals surface area contributed by atoms with Crippen LogP contribution < -0.4 is 10.9 Å². The Hall–Kier alpha value is -2.84. The molecule has 2 aromatic carbocycles. The van der Waals surface area contributed by atoms with Crippen LogP contribution in [0.25, 0.3) is 0 Å². The number of nitrogens with zero attached hydrogens (tertiary/aromatic N) is 2. The molecule has 0 aliphatic carbocycles. The Morgan fingerprint density at radius 3 is 1.63 bits per heavy atom. The van der Waals surface area contributed by atoms with Crippen LogP contribution >= 0.6 is 23.2 Å². The van der Waals surface area contributed by atoms with Crippen molar-refractivity contribution in [2.45, 2.75) is 6.42 Å². The smallest absolute Gasteiger partial charge is 0.249 e. The predicted octanol–water partition coefficient (Wildman–Crippen LogP) is 3.26. The van der Waals surface area contributed by atoms with Crippen molar-refractivity contribution in [1.82, 2.24) is 10.9 Å². The van der Waals surface area contributed by atoms with Gasteiger partial charge >= 0.3 is 0 Å². The number of benzene rings is 2. The van der Waals surface area contributed by atoms with Gasteiger partial charge < -0.3 is 0 Å². The minimum atomic E-state index is -0.768. The van der Waals surface area contributed by atoms with Crippen molar-refractivity contribution in [2.75, 3.05) is 0 Å². The highest BCUT2D eigenvalue weighted by Crippen LogP contribution is 2.17. The van der Waals surface area contributed by atoms with Crippen LogP contribution in [-0.2, 0) is 9.59 Å². The lowest BCUT2D eigenvalue weighted by molar-refractivity contribution is -0.129. The van der Waals surface area contributed by atoms with Crippen molar-refractivity contribution in [3.05, 3.63) is 69.2 Å². The number of carbonyl (C=O) groups is 2. The van der Waals surface area contributed by atoms with Crippen LogP contribution in [0.3, 0.4) is 0 Å². The molecule has 2 aromatic rings. The molecule has 2 rings (SSSR count). The van der Waals surface area contributed by atoms with Crippen molar-refractivity contribution in [1.29, 1.82) is 0 Å². The van der Waals surface area contributed by atoms with Gasteiger partial charge in [0.05, 0.1) is 22.5 Å². The Balaban J connectivity index is 1.84. The number of rotatable bonds is 6. The molecule has 0 bridgehead atoms. The van der Waals surface area contributed by atoms with Crippen LogP contribution in [0.2, 0.25) is 10.0 Å². The molecule has 0 aromatic heterocycles. The van der Waals surface area contributed by atoms with E-state index in [1.807, 2.05) is 0 Å². The fourth-order valence-electron chi connectivity index (χ4n) is 1.83. The minimum absolute atomic E-state index is 0.00437. The minimum Gasteiger partial charge on any atom is -0.273 e. The molecule has 0 saturated carbocycles. The number of carbonyl (C=O) groups excluding carboxylic acids is 2. The van der Waals surface area contributed by atoms with Crippen molar-refractivity contribution >= 4 is 47.4 Å². The maximum Gasteiger partial charge on any atom is 0.249 e. The van der Waals surface area contributed by atoms with Crippen LogP contribution in [0.15, 0.2) is 46.6 Å². The van der Waals surface area contributed by atoms with Crippen LogP contribution in [0.4, 0.5) is 8.78 Å². The number of amides is 2. The molecular weight excluding hydrogens is 401 g/mol. The summed E-state index contributed by atoms with van der Waals surface area (Å²) in [6.07, 6.45) is 1.43. The lowest BCUT2D eigenvalue weighted by atomic mass is 10.2. The van der Waals surface area contributed by atoms with E-state index in [-0.39, 0.29) is 21.2 Å². The fourth-order valence-corrected chi connectivity index (χ4v) is 2.25. The molecule has 27 heavy (non-hydrogen) atoms. The normalized spacial score (nSPS) is 11.1. The molecule has 10 heteroatoms. The molecular formula is C17H12Cl2F2N4O2. The quantitative estimate of drug-likeness (QED) is 0.433. The Labute approximate surface area is 162 Å². The predicted molar refractivity (Wildman–Crippen MR) is 98.9 cm³/mol. The summed E-state index contributed by atoms with van der Waals surface area (Å²) in [5, 5.41) is 7.30. The second-order valence-corrected chi connectivity index (χ2v) is 5.85. The van der Waals surface area contributed by atoms with E-state index >= 15 is 0 Å². The average molecular weight is 413 g/mol. The number of halogens is 4. The highest BCUT2D eigenvalue weighted by Gasteiger charge is 2.09. The Morgan fingerprint density at radius 2 is 1.26 bits per heavy atom. The number of hydrazone groups is 2. The monoisotopic (exact) mass is 412 g/mol. The maximum absolute atomic E-state index is 13.5. The first-order valence-electron chi connectivity index (χ1n) is 7.40. The highest BCUT2D eigenvalue weighted by atomic mass is 35.5. The second-order valence-electron chi connectivity index (χ2n) is 5.03. The molecule has 0 saturated heterocycles. The third-order valence-corrected chi connectivity index (χ3v) is 3.75. The van der Waals surface area contributed by atoms with E-state index < -0.39 is 29.9 Å². The molecule has 2 amide bonds. The van der Waals surface area contributed by atoms with Gasteiger partial charge in [0.2, 0.25) is 11.8 Å². The van der Waals surface area contributed by atoms with E-state index in [0.717, 1.165) is 12.4 Å². The molecule has 0 atom stereocenters. The topological polar surface area (TPSA) is 82.9 Å². The molecule has 140 valence electrons. The summed E-state index contributed by atoms with van der Waals surface area (Å²) in [4.78, 5) is 23.2. The van der Waals surface area contributed by atoms with Crippen molar-refractivity contribution in [2.24, 2.45) is 10.2 Å². The Kier molecular flexibility index (Phi) is 7.39. The van der Waals surface area contributed by atoms with Crippen LogP contribution in [0.1, 0.15) is 17.5 Å². The van der Waals surface area contributed by atoms with Gasteiger partial charge in [-0.15, -0.1) is 0 Å². The van der Waals surface area contributed by atoms with E-state index in [1.54, 1.807) is 0 Å². The zero-order valence-corrected chi connectivity index (χ0v) is 15.1. The molecule has 0 fully saturated rings. The van der Waals surface area contributed by atoms with Gasteiger partial charge in [0.15, 0.2) is 0 Å². The van der Waals surface area contributed by atoms with Crippen molar-refractivity contribution in [3.8, 4) is 0 Å². The van der Waals surface area contributed by atoms with Crippen molar-refractivity contribution in [3.63, 3.8) is 0 Å². The van der Waals surface area contributed by atoms with Crippen molar-refractivity contribution < 1.29 is 18.4 Å². The Bertz CT molecular complexity index is 806. The van der Waals surface area contributed by atoms with Crippen LogP contribution in [-0.4, -0.2) is 24.2 Å². The van der Waals surface area contributed by atoms with Gasteiger partial charge in [-0.1, -0.05) is 35.3 Å². The van der Waals surface area contributed by atoms with Gasteiger partial charge in [-0.3, -0.25) is 9.59 Å². The van der Waals surface area contributed by atoms with E-state index in [9.17, 15) is 18.4 Å². The van der Waals surface area contributed by atoms with E-state index in [0.29, 0.717) is 0 Å². The van der Waals surface area contributed by atoms with E-state index in [1.165, 1.54) is 36.4 Å². The first kappa shape index (κ1) is 20.5. The Morgan fingerprint density at radius 1 is 0.852 bits per heavy atom. The number of hydrogen-bond donors (Lipinski definition) is 2. The summed E-state index contributed by atoms with van der Waals surface area (Å²) >= 11 is 11.6. The van der Waals surface area contributed by atoms with Gasteiger partial charge in [0.25, 0.3) is 0 Å². The second kappa shape index (κ2) is 9.75. The lowest BCUT2D eigenvalue weighted by Gasteiger charge is -2.02.